The SMILES string of the molecule is COC(=O)Cc1ccc(CNC2CCOC2)s1. The summed E-state index contributed by atoms with van der Waals surface area (Å²) in [7, 11) is 1.42. The summed E-state index contributed by atoms with van der Waals surface area (Å²) in [6, 6.07) is 4.52. The number of carbonyl (C=O) groups is 1. The van der Waals surface area contributed by atoms with Crippen LogP contribution >= 0.6 is 11.3 Å². The Kier molecular flexibility index (Phi) is 4.53. The van der Waals surface area contributed by atoms with E-state index in [1.54, 1.807) is 11.3 Å². The minimum atomic E-state index is -0.185. The molecule has 0 aromatic carbocycles. The maximum atomic E-state index is 11.1. The third-order valence-electron chi connectivity index (χ3n) is 2.76. The van der Waals surface area contributed by atoms with Crippen molar-refractivity contribution in [1.29, 1.82) is 0 Å². The quantitative estimate of drug-likeness (QED) is 0.807. The molecule has 0 spiro atoms. The van der Waals surface area contributed by atoms with E-state index in [4.69, 9.17) is 4.74 Å². The molecule has 1 unspecified atom stereocenters. The van der Waals surface area contributed by atoms with Crippen molar-refractivity contribution in [2.45, 2.75) is 25.4 Å². The van der Waals surface area contributed by atoms with Crippen LogP contribution in [-0.4, -0.2) is 32.3 Å². The van der Waals surface area contributed by atoms with Gasteiger partial charge in [0.25, 0.3) is 0 Å². The fourth-order valence-corrected chi connectivity index (χ4v) is 2.72. The molecule has 1 aliphatic rings. The zero-order valence-electron chi connectivity index (χ0n) is 9.90. The predicted molar refractivity (Wildman–Crippen MR) is 66.1 cm³/mol. The van der Waals surface area contributed by atoms with Crippen molar-refractivity contribution in [3.8, 4) is 0 Å². The van der Waals surface area contributed by atoms with E-state index in [9.17, 15) is 4.79 Å². The molecule has 2 heterocycles. The van der Waals surface area contributed by atoms with Gasteiger partial charge in [0.15, 0.2) is 0 Å². The summed E-state index contributed by atoms with van der Waals surface area (Å²) >= 11 is 1.66. The van der Waals surface area contributed by atoms with E-state index < -0.39 is 0 Å². The second kappa shape index (κ2) is 6.14. The van der Waals surface area contributed by atoms with Crippen LogP contribution in [0.5, 0.6) is 0 Å². The van der Waals surface area contributed by atoms with Crippen LogP contribution in [0.15, 0.2) is 12.1 Å². The number of carbonyl (C=O) groups excluding carboxylic acids is 1. The average Bonchev–Trinajstić information content (AvgIpc) is 2.97. The fourth-order valence-electron chi connectivity index (χ4n) is 1.77. The number of ether oxygens (including phenoxy) is 2. The Hall–Kier alpha value is -0.910. The summed E-state index contributed by atoms with van der Waals surface area (Å²) in [5, 5.41) is 3.45. The Bertz CT molecular complexity index is 372. The zero-order valence-corrected chi connectivity index (χ0v) is 10.7. The highest BCUT2D eigenvalue weighted by Crippen LogP contribution is 2.18. The van der Waals surface area contributed by atoms with Gasteiger partial charge in [-0.3, -0.25) is 4.79 Å². The van der Waals surface area contributed by atoms with Crippen LogP contribution < -0.4 is 5.32 Å². The first kappa shape index (κ1) is 12.5. The molecule has 5 heteroatoms. The molecule has 1 saturated heterocycles. The first-order valence-electron chi connectivity index (χ1n) is 5.73. The summed E-state index contributed by atoms with van der Waals surface area (Å²) in [5.74, 6) is -0.185. The van der Waals surface area contributed by atoms with Gasteiger partial charge in [-0.2, -0.15) is 0 Å². The molecule has 2 rings (SSSR count). The first-order valence-corrected chi connectivity index (χ1v) is 6.55. The van der Waals surface area contributed by atoms with E-state index in [0.717, 1.165) is 31.1 Å². The van der Waals surface area contributed by atoms with E-state index in [1.807, 2.05) is 6.07 Å². The van der Waals surface area contributed by atoms with Crippen LogP contribution in [0, 0.1) is 0 Å². The molecule has 1 aliphatic heterocycles. The molecule has 1 aromatic heterocycles. The molecule has 17 heavy (non-hydrogen) atoms. The maximum Gasteiger partial charge on any atom is 0.310 e. The molecule has 94 valence electrons. The normalized spacial score (nSPS) is 19.5. The van der Waals surface area contributed by atoms with E-state index >= 15 is 0 Å². The minimum Gasteiger partial charge on any atom is -0.469 e. The Morgan fingerprint density at radius 2 is 2.41 bits per heavy atom. The van der Waals surface area contributed by atoms with E-state index in [2.05, 4.69) is 16.1 Å². The van der Waals surface area contributed by atoms with Gasteiger partial charge < -0.3 is 14.8 Å². The van der Waals surface area contributed by atoms with Crippen LogP contribution in [0.1, 0.15) is 16.2 Å². The Balaban J connectivity index is 1.79. The number of esters is 1. The molecule has 4 nitrogen and oxygen atoms in total. The van der Waals surface area contributed by atoms with Crippen LogP contribution in [0.25, 0.3) is 0 Å². The molecule has 1 fully saturated rings. The smallest absolute Gasteiger partial charge is 0.310 e. The average molecular weight is 255 g/mol. The highest BCUT2D eigenvalue weighted by molar-refractivity contribution is 7.12. The topological polar surface area (TPSA) is 47.6 Å². The fraction of sp³-hybridized carbons (Fsp3) is 0.583. The summed E-state index contributed by atoms with van der Waals surface area (Å²) < 4.78 is 9.94. The minimum absolute atomic E-state index is 0.185. The number of methoxy groups -OCH3 is 1. The van der Waals surface area contributed by atoms with Crippen molar-refractivity contribution in [2.24, 2.45) is 0 Å². The Morgan fingerprint density at radius 1 is 1.59 bits per heavy atom. The van der Waals surface area contributed by atoms with E-state index in [-0.39, 0.29) is 5.97 Å². The Labute approximate surface area is 105 Å². The molecule has 0 radical (unpaired) electrons. The largest absolute Gasteiger partial charge is 0.469 e. The first-order chi connectivity index (χ1) is 8.28. The second-order valence-corrected chi connectivity index (χ2v) is 5.32. The van der Waals surface area contributed by atoms with Crippen molar-refractivity contribution in [2.75, 3.05) is 20.3 Å². The molecule has 0 aliphatic carbocycles. The summed E-state index contributed by atoms with van der Waals surface area (Å²) in [4.78, 5) is 13.4. The van der Waals surface area contributed by atoms with Gasteiger partial charge >= 0.3 is 5.97 Å². The third-order valence-corrected chi connectivity index (χ3v) is 3.84. The van der Waals surface area contributed by atoms with Crippen molar-refractivity contribution < 1.29 is 14.3 Å². The van der Waals surface area contributed by atoms with Gasteiger partial charge in [0, 0.05) is 28.9 Å². The highest BCUT2D eigenvalue weighted by atomic mass is 32.1. The second-order valence-electron chi connectivity index (χ2n) is 4.06. The molecular formula is C12H17NO3S. The lowest BCUT2D eigenvalue weighted by Gasteiger charge is -2.08. The molecular weight excluding hydrogens is 238 g/mol. The number of thiophene rings is 1. The number of rotatable bonds is 5. The van der Waals surface area contributed by atoms with Crippen LogP contribution in [-0.2, 0) is 27.2 Å². The predicted octanol–water partition coefficient (Wildman–Crippen LogP) is 1.34. The lowest BCUT2D eigenvalue weighted by atomic mass is 10.2. The molecule has 0 amide bonds. The molecule has 1 atom stereocenters. The van der Waals surface area contributed by atoms with Gasteiger partial charge in [0.05, 0.1) is 20.1 Å². The number of hydrogen-bond acceptors (Lipinski definition) is 5. The van der Waals surface area contributed by atoms with Gasteiger partial charge in [0.2, 0.25) is 0 Å². The van der Waals surface area contributed by atoms with E-state index in [0.29, 0.717) is 12.5 Å². The molecule has 0 bridgehead atoms. The van der Waals surface area contributed by atoms with Crippen molar-refractivity contribution in [3.05, 3.63) is 21.9 Å². The summed E-state index contributed by atoms with van der Waals surface area (Å²) in [6.07, 6.45) is 1.45. The van der Waals surface area contributed by atoms with Crippen LogP contribution in [0.2, 0.25) is 0 Å². The zero-order chi connectivity index (χ0) is 12.1. The third kappa shape index (κ3) is 3.80. The van der Waals surface area contributed by atoms with Crippen LogP contribution in [0.3, 0.4) is 0 Å². The van der Waals surface area contributed by atoms with Gasteiger partial charge in [-0.25, -0.2) is 0 Å². The monoisotopic (exact) mass is 255 g/mol. The van der Waals surface area contributed by atoms with Gasteiger partial charge in [0.1, 0.15) is 0 Å². The lowest BCUT2D eigenvalue weighted by molar-refractivity contribution is -0.139. The van der Waals surface area contributed by atoms with Crippen molar-refractivity contribution in [3.63, 3.8) is 0 Å². The van der Waals surface area contributed by atoms with Crippen molar-refractivity contribution >= 4 is 17.3 Å². The number of hydrogen-bond donors (Lipinski definition) is 1. The van der Waals surface area contributed by atoms with Gasteiger partial charge in [-0.15, -0.1) is 11.3 Å². The highest BCUT2D eigenvalue weighted by Gasteiger charge is 2.15. The standard InChI is InChI=1S/C12H17NO3S/c1-15-12(14)6-10-2-3-11(17-10)7-13-9-4-5-16-8-9/h2-3,9,13H,4-8H2,1H3. The van der Waals surface area contributed by atoms with Gasteiger partial charge in [-0.1, -0.05) is 0 Å². The number of nitrogens with one attached hydrogen (secondary N) is 1. The van der Waals surface area contributed by atoms with Crippen molar-refractivity contribution in [1.82, 2.24) is 5.32 Å². The van der Waals surface area contributed by atoms with E-state index in [1.165, 1.54) is 12.0 Å². The summed E-state index contributed by atoms with van der Waals surface area (Å²) in [6.45, 7) is 2.51. The van der Waals surface area contributed by atoms with Gasteiger partial charge in [-0.05, 0) is 18.6 Å². The molecule has 1 N–H and O–H groups in total. The Morgan fingerprint density at radius 3 is 3.12 bits per heavy atom. The lowest BCUT2D eigenvalue weighted by Crippen LogP contribution is -2.28. The van der Waals surface area contributed by atoms with Crippen LogP contribution in [0.4, 0.5) is 0 Å². The molecule has 1 aromatic rings. The summed E-state index contributed by atoms with van der Waals surface area (Å²) in [5.41, 5.74) is 0. The molecule has 0 saturated carbocycles. The maximum absolute atomic E-state index is 11.1.